The molecule has 0 spiro atoms. The fourth-order valence-corrected chi connectivity index (χ4v) is 2.72. The van der Waals surface area contributed by atoms with E-state index in [-0.39, 0.29) is 5.91 Å². The molecular weight excluding hydrogens is 348 g/mol. The summed E-state index contributed by atoms with van der Waals surface area (Å²) in [4.78, 5) is 24.4. The fourth-order valence-electron chi connectivity index (χ4n) is 2.11. The number of esters is 1. The molecule has 0 unspecified atom stereocenters. The highest BCUT2D eigenvalue weighted by atomic mass is 32.1. The van der Waals surface area contributed by atoms with E-state index in [4.69, 9.17) is 4.74 Å². The molecule has 26 heavy (non-hydrogen) atoms. The third kappa shape index (κ3) is 4.64. The standard InChI is InChI=1S/C20H16N2O3S/c1-14-4-8-16(9-5-14)20(24)25-17-10-6-15(7-11-17)13-21-22-19(23)18-3-2-12-26-18/h2-13H,1H3,(H,22,23). The van der Waals surface area contributed by atoms with E-state index in [1.807, 2.05) is 24.4 Å². The molecule has 0 aliphatic heterocycles. The number of amides is 1. The molecule has 0 bridgehead atoms. The molecular formula is C20H16N2O3S. The highest BCUT2D eigenvalue weighted by Gasteiger charge is 2.08. The molecule has 1 heterocycles. The second-order valence-corrected chi connectivity index (χ2v) is 6.45. The highest BCUT2D eigenvalue weighted by molar-refractivity contribution is 7.12. The van der Waals surface area contributed by atoms with Crippen molar-refractivity contribution < 1.29 is 14.3 Å². The van der Waals surface area contributed by atoms with Gasteiger partial charge < -0.3 is 4.74 Å². The summed E-state index contributed by atoms with van der Waals surface area (Å²) in [5.74, 6) is -0.218. The first-order chi connectivity index (χ1) is 12.6. The van der Waals surface area contributed by atoms with Gasteiger partial charge in [0.15, 0.2) is 0 Å². The summed E-state index contributed by atoms with van der Waals surface area (Å²) in [5.41, 5.74) is 4.81. The van der Waals surface area contributed by atoms with Gasteiger partial charge in [-0.15, -0.1) is 11.3 Å². The minimum Gasteiger partial charge on any atom is -0.423 e. The summed E-state index contributed by atoms with van der Waals surface area (Å²) >= 11 is 1.35. The van der Waals surface area contributed by atoms with Crippen molar-refractivity contribution in [1.29, 1.82) is 0 Å². The molecule has 130 valence electrons. The van der Waals surface area contributed by atoms with Crippen molar-refractivity contribution in [3.05, 3.63) is 87.6 Å². The largest absolute Gasteiger partial charge is 0.423 e. The first kappa shape index (κ1) is 17.6. The van der Waals surface area contributed by atoms with Gasteiger partial charge in [-0.2, -0.15) is 5.10 Å². The lowest BCUT2D eigenvalue weighted by atomic mass is 10.1. The lowest BCUT2D eigenvalue weighted by Gasteiger charge is -2.05. The Labute approximate surface area is 154 Å². The molecule has 0 saturated carbocycles. The maximum Gasteiger partial charge on any atom is 0.343 e. The number of rotatable bonds is 5. The van der Waals surface area contributed by atoms with Crippen molar-refractivity contribution in [2.45, 2.75) is 6.92 Å². The average Bonchev–Trinajstić information content (AvgIpc) is 3.18. The number of nitrogens with zero attached hydrogens (tertiary/aromatic N) is 1. The lowest BCUT2D eigenvalue weighted by Crippen LogP contribution is -2.16. The maximum absolute atomic E-state index is 12.1. The van der Waals surface area contributed by atoms with Gasteiger partial charge in [-0.25, -0.2) is 10.2 Å². The van der Waals surface area contributed by atoms with Crippen molar-refractivity contribution in [2.24, 2.45) is 5.10 Å². The van der Waals surface area contributed by atoms with Crippen LogP contribution in [0.1, 0.15) is 31.2 Å². The Bertz CT molecular complexity index is 915. The van der Waals surface area contributed by atoms with Gasteiger partial charge in [-0.3, -0.25) is 4.79 Å². The molecule has 0 aliphatic carbocycles. The van der Waals surface area contributed by atoms with Crippen LogP contribution in [0.15, 0.2) is 71.1 Å². The molecule has 1 N–H and O–H groups in total. The van der Waals surface area contributed by atoms with E-state index in [1.165, 1.54) is 17.6 Å². The van der Waals surface area contributed by atoms with Gasteiger partial charge in [0, 0.05) is 0 Å². The van der Waals surface area contributed by atoms with Crippen LogP contribution in [0.3, 0.4) is 0 Å². The summed E-state index contributed by atoms with van der Waals surface area (Å²) in [7, 11) is 0. The van der Waals surface area contributed by atoms with Crippen LogP contribution in [-0.4, -0.2) is 18.1 Å². The topological polar surface area (TPSA) is 67.8 Å². The van der Waals surface area contributed by atoms with E-state index in [9.17, 15) is 9.59 Å². The van der Waals surface area contributed by atoms with Crippen LogP contribution < -0.4 is 10.2 Å². The molecule has 0 radical (unpaired) electrons. The average molecular weight is 364 g/mol. The molecule has 0 fully saturated rings. The number of benzene rings is 2. The van der Waals surface area contributed by atoms with Crippen LogP contribution in [0.5, 0.6) is 5.75 Å². The monoisotopic (exact) mass is 364 g/mol. The van der Waals surface area contributed by atoms with Gasteiger partial charge in [0.25, 0.3) is 5.91 Å². The molecule has 0 atom stereocenters. The third-order valence-corrected chi connectivity index (χ3v) is 4.37. The number of aryl methyl sites for hydroxylation is 1. The Morgan fingerprint density at radius 1 is 1.04 bits per heavy atom. The van der Waals surface area contributed by atoms with Crippen LogP contribution in [-0.2, 0) is 0 Å². The number of ether oxygens (including phenoxy) is 1. The summed E-state index contributed by atoms with van der Waals surface area (Å²) in [6, 6.07) is 17.6. The van der Waals surface area contributed by atoms with Gasteiger partial charge in [-0.1, -0.05) is 23.8 Å². The van der Waals surface area contributed by atoms with Gasteiger partial charge >= 0.3 is 5.97 Å². The Hall–Kier alpha value is -3.25. The van der Waals surface area contributed by atoms with Crippen LogP contribution in [0.25, 0.3) is 0 Å². The second-order valence-electron chi connectivity index (χ2n) is 5.50. The number of carbonyl (C=O) groups is 2. The quantitative estimate of drug-likeness (QED) is 0.322. The molecule has 2 aromatic carbocycles. The number of nitrogens with one attached hydrogen (secondary N) is 1. The molecule has 1 amide bonds. The molecule has 5 nitrogen and oxygen atoms in total. The zero-order chi connectivity index (χ0) is 18.4. The molecule has 6 heteroatoms. The number of hydrogen-bond donors (Lipinski definition) is 1. The number of thiophene rings is 1. The van der Waals surface area contributed by atoms with Crippen molar-refractivity contribution in [1.82, 2.24) is 5.43 Å². The number of hydrogen-bond acceptors (Lipinski definition) is 5. The van der Waals surface area contributed by atoms with Gasteiger partial charge in [0.2, 0.25) is 0 Å². The predicted octanol–water partition coefficient (Wildman–Crippen LogP) is 4.04. The Kier molecular flexibility index (Phi) is 5.56. The van der Waals surface area contributed by atoms with Crippen LogP contribution >= 0.6 is 11.3 Å². The fraction of sp³-hybridized carbons (Fsp3) is 0.0500. The first-order valence-corrected chi connectivity index (χ1v) is 8.75. The summed E-state index contributed by atoms with van der Waals surface area (Å²) in [6.45, 7) is 1.96. The lowest BCUT2D eigenvalue weighted by molar-refractivity contribution is 0.0734. The van der Waals surface area contributed by atoms with E-state index >= 15 is 0 Å². The zero-order valence-electron chi connectivity index (χ0n) is 14.0. The summed E-state index contributed by atoms with van der Waals surface area (Å²) in [6.07, 6.45) is 1.52. The maximum atomic E-state index is 12.1. The summed E-state index contributed by atoms with van der Waals surface area (Å²) in [5, 5.41) is 5.75. The van der Waals surface area contributed by atoms with Crippen molar-refractivity contribution in [3.8, 4) is 5.75 Å². The van der Waals surface area contributed by atoms with E-state index in [2.05, 4.69) is 10.5 Å². The van der Waals surface area contributed by atoms with Crippen molar-refractivity contribution >= 4 is 29.4 Å². The van der Waals surface area contributed by atoms with Crippen molar-refractivity contribution in [3.63, 3.8) is 0 Å². The minimum atomic E-state index is -0.408. The van der Waals surface area contributed by atoms with Crippen LogP contribution in [0, 0.1) is 6.92 Å². The third-order valence-electron chi connectivity index (χ3n) is 3.50. The van der Waals surface area contributed by atoms with Gasteiger partial charge in [0.1, 0.15) is 5.75 Å². The predicted molar refractivity (Wildman–Crippen MR) is 102 cm³/mol. The normalized spacial score (nSPS) is 10.7. The van der Waals surface area contributed by atoms with Crippen LogP contribution in [0.4, 0.5) is 0 Å². The molecule has 3 rings (SSSR count). The zero-order valence-corrected chi connectivity index (χ0v) is 14.8. The molecule has 0 saturated heterocycles. The number of hydrazone groups is 1. The Morgan fingerprint density at radius 3 is 2.42 bits per heavy atom. The second kappa shape index (κ2) is 8.22. The summed E-state index contributed by atoms with van der Waals surface area (Å²) < 4.78 is 5.34. The van der Waals surface area contributed by atoms with E-state index in [1.54, 1.807) is 48.5 Å². The molecule has 0 aliphatic rings. The molecule has 3 aromatic rings. The minimum absolute atomic E-state index is 0.250. The van der Waals surface area contributed by atoms with Crippen molar-refractivity contribution in [2.75, 3.05) is 0 Å². The Balaban J connectivity index is 1.56. The van der Waals surface area contributed by atoms with E-state index in [0.29, 0.717) is 16.2 Å². The Morgan fingerprint density at radius 2 is 1.77 bits per heavy atom. The van der Waals surface area contributed by atoms with Gasteiger partial charge in [-0.05, 0) is 60.3 Å². The smallest absolute Gasteiger partial charge is 0.343 e. The van der Waals surface area contributed by atoms with Crippen LogP contribution in [0.2, 0.25) is 0 Å². The molecule has 1 aromatic heterocycles. The number of carbonyl (C=O) groups excluding carboxylic acids is 2. The first-order valence-electron chi connectivity index (χ1n) is 7.87. The van der Waals surface area contributed by atoms with E-state index < -0.39 is 5.97 Å². The van der Waals surface area contributed by atoms with Gasteiger partial charge in [0.05, 0.1) is 16.7 Å². The van der Waals surface area contributed by atoms with E-state index in [0.717, 1.165) is 11.1 Å². The highest BCUT2D eigenvalue weighted by Crippen LogP contribution is 2.14. The SMILES string of the molecule is Cc1ccc(C(=O)Oc2ccc(C=NNC(=O)c3cccs3)cc2)cc1.